The highest BCUT2D eigenvalue weighted by Crippen LogP contribution is 2.15. The molecule has 110 valence electrons. The maximum absolute atomic E-state index is 13.3. The zero-order chi connectivity index (χ0) is 14.7. The minimum Gasteiger partial charge on any atom is -0.399 e. The largest absolute Gasteiger partial charge is 0.399 e. The van der Waals surface area contributed by atoms with E-state index in [2.05, 4.69) is 19.8 Å². The zero-order valence-electron chi connectivity index (χ0n) is 11.7. The Morgan fingerprint density at radius 2 is 1.76 bits per heavy atom. The van der Waals surface area contributed by atoms with Crippen molar-refractivity contribution in [2.24, 2.45) is 0 Å². The first-order valence-corrected chi connectivity index (χ1v) is 7.00. The topological polar surface area (TPSA) is 58.3 Å². The molecule has 5 nitrogen and oxygen atoms in total. The smallest absolute Gasteiger partial charge is 0.225 e. The summed E-state index contributed by atoms with van der Waals surface area (Å²) in [7, 11) is 0. The van der Waals surface area contributed by atoms with Gasteiger partial charge in [-0.25, -0.2) is 14.4 Å². The van der Waals surface area contributed by atoms with E-state index in [4.69, 9.17) is 5.73 Å². The second-order valence-corrected chi connectivity index (χ2v) is 5.20. The number of anilines is 2. The Balaban J connectivity index is 1.58. The summed E-state index contributed by atoms with van der Waals surface area (Å²) < 4.78 is 13.3. The third-order valence-electron chi connectivity index (χ3n) is 3.59. The van der Waals surface area contributed by atoms with Crippen molar-refractivity contribution in [1.29, 1.82) is 0 Å². The van der Waals surface area contributed by atoms with E-state index < -0.39 is 0 Å². The van der Waals surface area contributed by atoms with Gasteiger partial charge < -0.3 is 10.6 Å². The van der Waals surface area contributed by atoms with Crippen molar-refractivity contribution in [2.45, 2.75) is 6.54 Å². The van der Waals surface area contributed by atoms with Gasteiger partial charge in [-0.05, 0) is 29.8 Å². The van der Waals surface area contributed by atoms with Crippen LogP contribution in [0.25, 0.3) is 0 Å². The van der Waals surface area contributed by atoms with Gasteiger partial charge in [-0.15, -0.1) is 0 Å². The first kappa shape index (κ1) is 13.8. The van der Waals surface area contributed by atoms with Crippen molar-refractivity contribution in [3.63, 3.8) is 0 Å². The van der Waals surface area contributed by atoms with Crippen molar-refractivity contribution in [1.82, 2.24) is 14.9 Å². The number of rotatable bonds is 3. The molecule has 21 heavy (non-hydrogen) atoms. The fourth-order valence-electron chi connectivity index (χ4n) is 2.59. The van der Waals surface area contributed by atoms with Crippen molar-refractivity contribution >= 4 is 11.6 Å². The third-order valence-corrected chi connectivity index (χ3v) is 3.59. The van der Waals surface area contributed by atoms with Gasteiger partial charge in [-0.3, -0.25) is 4.90 Å². The minimum absolute atomic E-state index is 0.277. The average Bonchev–Trinajstić information content (AvgIpc) is 2.48. The molecule has 1 fully saturated rings. The molecule has 3 rings (SSSR count). The van der Waals surface area contributed by atoms with Crippen LogP contribution < -0.4 is 10.6 Å². The second-order valence-electron chi connectivity index (χ2n) is 5.20. The molecule has 0 spiro atoms. The lowest BCUT2D eigenvalue weighted by Crippen LogP contribution is -2.46. The van der Waals surface area contributed by atoms with Crippen LogP contribution in [0.1, 0.15) is 5.56 Å². The number of benzene rings is 1. The molecule has 1 aromatic heterocycles. The summed E-state index contributed by atoms with van der Waals surface area (Å²) >= 11 is 0. The van der Waals surface area contributed by atoms with E-state index >= 15 is 0 Å². The predicted octanol–water partition coefficient (Wildman–Crippen LogP) is 1.52. The monoisotopic (exact) mass is 287 g/mol. The van der Waals surface area contributed by atoms with Gasteiger partial charge in [0.2, 0.25) is 5.95 Å². The van der Waals surface area contributed by atoms with Crippen LogP contribution in [0.5, 0.6) is 0 Å². The van der Waals surface area contributed by atoms with Crippen LogP contribution in [0.2, 0.25) is 0 Å². The van der Waals surface area contributed by atoms with E-state index in [-0.39, 0.29) is 5.82 Å². The number of aromatic nitrogens is 2. The van der Waals surface area contributed by atoms with Crippen LogP contribution in [-0.4, -0.2) is 41.0 Å². The summed E-state index contributed by atoms with van der Waals surface area (Å²) in [6.45, 7) is 4.25. The molecule has 2 aromatic rings. The molecule has 1 saturated heterocycles. The van der Waals surface area contributed by atoms with E-state index in [0.29, 0.717) is 12.2 Å². The molecule has 6 heteroatoms. The number of hydrogen-bond donors (Lipinski definition) is 1. The molecule has 0 radical (unpaired) electrons. The molecule has 0 amide bonds. The Morgan fingerprint density at radius 3 is 2.43 bits per heavy atom. The fraction of sp³-hybridized carbons (Fsp3) is 0.333. The van der Waals surface area contributed by atoms with Crippen molar-refractivity contribution in [3.8, 4) is 0 Å². The molecule has 0 saturated carbocycles. The van der Waals surface area contributed by atoms with Crippen molar-refractivity contribution < 1.29 is 4.39 Å². The normalized spacial score (nSPS) is 16.1. The Kier molecular flexibility index (Phi) is 3.96. The summed E-state index contributed by atoms with van der Waals surface area (Å²) in [5.41, 5.74) is 7.07. The van der Waals surface area contributed by atoms with Gasteiger partial charge in [-0.2, -0.15) is 0 Å². The molecular formula is C15H18FN5. The Hall–Kier alpha value is -2.21. The molecule has 1 aromatic carbocycles. The highest BCUT2D eigenvalue weighted by Gasteiger charge is 2.18. The van der Waals surface area contributed by atoms with Crippen LogP contribution in [-0.2, 0) is 6.54 Å². The highest BCUT2D eigenvalue weighted by molar-refractivity contribution is 5.41. The quantitative estimate of drug-likeness (QED) is 0.867. The highest BCUT2D eigenvalue weighted by atomic mass is 19.1. The Morgan fingerprint density at radius 1 is 1.05 bits per heavy atom. The lowest BCUT2D eigenvalue weighted by Gasteiger charge is -2.34. The maximum atomic E-state index is 13.3. The number of piperazine rings is 1. The molecule has 0 atom stereocenters. The average molecular weight is 287 g/mol. The standard InChI is InChI=1S/C15H18FN5/c16-13-8-12(9-14(17)10-13)11-20-4-6-21(7-5-20)15-18-2-1-3-19-15/h1-3,8-10H,4-7,11,17H2. The number of nitrogen functional groups attached to an aromatic ring is 1. The van der Waals surface area contributed by atoms with E-state index in [1.165, 1.54) is 6.07 Å². The molecule has 2 N–H and O–H groups in total. The third kappa shape index (κ3) is 3.46. The van der Waals surface area contributed by atoms with Crippen LogP contribution in [0.4, 0.5) is 16.0 Å². The van der Waals surface area contributed by atoms with Crippen molar-refractivity contribution in [3.05, 3.63) is 48.0 Å². The fourth-order valence-corrected chi connectivity index (χ4v) is 2.59. The second kappa shape index (κ2) is 6.05. The lowest BCUT2D eigenvalue weighted by molar-refractivity contribution is 0.248. The molecule has 0 aliphatic carbocycles. The van der Waals surface area contributed by atoms with Gasteiger partial charge in [0.1, 0.15) is 5.82 Å². The number of hydrogen-bond acceptors (Lipinski definition) is 5. The van der Waals surface area contributed by atoms with Crippen LogP contribution >= 0.6 is 0 Å². The van der Waals surface area contributed by atoms with Crippen molar-refractivity contribution in [2.75, 3.05) is 36.8 Å². The summed E-state index contributed by atoms with van der Waals surface area (Å²) in [6, 6.07) is 6.53. The SMILES string of the molecule is Nc1cc(F)cc(CN2CCN(c3ncccn3)CC2)c1. The molecule has 0 bridgehead atoms. The molecule has 1 aliphatic rings. The van der Waals surface area contributed by atoms with Gasteiger partial charge in [0.15, 0.2) is 0 Å². The van der Waals surface area contributed by atoms with Gasteiger partial charge in [0.25, 0.3) is 0 Å². The van der Waals surface area contributed by atoms with E-state index in [0.717, 1.165) is 37.7 Å². The summed E-state index contributed by atoms with van der Waals surface area (Å²) in [5.74, 6) is 0.494. The predicted molar refractivity (Wildman–Crippen MR) is 80.3 cm³/mol. The summed E-state index contributed by atoms with van der Waals surface area (Å²) in [4.78, 5) is 13.0. The molecule has 1 aliphatic heterocycles. The maximum Gasteiger partial charge on any atom is 0.225 e. The van der Waals surface area contributed by atoms with E-state index in [1.807, 2.05) is 12.1 Å². The zero-order valence-corrected chi connectivity index (χ0v) is 11.7. The first-order valence-electron chi connectivity index (χ1n) is 7.00. The van der Waals surface area contributed by atoms with Crippen LogP contribution in [0, 0.1) is 5.82 Å². The van der Waals surface area contributed by atoms with Gasteiger partial charge in [0, 0.05) is 50.8 Å². The molecule has 0 unspecified atom stereocenters. The molecular weight excluding hydrogens is 269 g/mol. The van der Waals surface area contributed by atoms with Gasteiger partial charge in [0.05, 0.1) is 0 Å². The van der Waals surface area contributed by atoms with Crippen LogP contribution in [0.15, 0.2) is 36.7 Å². The lowest BCUT2D eigenvalue weighted by atomic mass is 10.1. The van der Waals surface area contributed by atoms with Crippen LogP contribution in [0.3, 0.4) is 0 Å². The van der Waals surface area contributed by atoms with Gasteiger partial charge >= 0.3 is 0 Å². The number of halogens is 1. The number of nitrogens with zero attached hydrogens (tertiary/aromatic N) is 4. The Labute approximate surface area is 123 Å². The summed E-state index contributed by atoms with van der Waals surface area (Å²) in [6.07, 6.45) is 3.51. The minimum atomic E-state index is -0.277. The Bertz CT molecular complexity index is 576. The van der Waals surface area contributed by atoms with E-state index in [9.17, 15) is 4.39 Å². The van der Waals surface area contributed by atoms with Gasteiger partial charge in [-0.1, -0.05) is 0 Å². The first-order chi connectivity index (χ1) is 10.2. The summed E-state index contributed by atoms with van der Waals surface area (Å²) in [5, 5.41) is 0. The number of nitrogens with two attached hydrogens (primary N) is 1. The van der Waals surface area contributed by atoms with E-state index in [1.54, 1.807) is 18.5 Å². The molecule has 2 heterocycles.